The Morgan fingerprint density at radius 1 is 1.38 bits per heavy atom. The number of hydrogen-bond acceptors (Lipinski definition) is 3. The monoisotopic (exact) mass is 376 g/mol. The fraction of sp³-hybridized carbons (Fsp3) is 0.667. The van der Waals surface area contributed by atoms with Crippen LogP contribution in [-0.2, 0) is 11.0 Å². The number of nitrogens with one attached hydrogen (secondary N) is 1. The van der Waals surface area contributed by atoms with Gasteiger partial charge in [-0.2, -0.15) is 0 Å². The van der Waals surface area contributed by atoms with Gasteiger partial charge in [0.1, 0.15) is 0 Å². The van der Waals surface area contributed by atoms with E-state index >= 15 is 0 Å². The summed E-state index contributed by atoms with van der Waals surface area (Å²) in [7, 11) is -1.03. The molecular weight excluding hydrogens is 352 g/mol. The predicted octanol–water partition coefficient (Wildman–Crippen LogP) is 3.83. The van der Waals surface area contributed by atoms with E-state index in [1.54, 1.807) is 6.20 Å². The van der Waals surface area contributed by atoms with Crippen molar-refractivity contribution < 1.29 is 8.95 Å². The van der Waals surface area contributed by atoms with Crippen molar-refractivity contribution in [2.75, 3.05) is 0 Å². The van der Waals surface area contributed by atoms with Crippen LogP contribution in [0.3, 0.4) is 0 Å². The molecule has 0 aliphatic carbocycles. The average Bonchev–Trinajstić information content (AvgIpc) is 2.35. The first kappa shape index (κ1) is 18.6. The van der Waals surface area contributed by atoms with Crippen molar-refractivity contribution in [3.63, 3.8) is 0 Å². The highest BCUT2D eigenvalue weighted by atomic mass is 79.9. The van der Waals surface area contributed by atoms with Crippen LogP contribution in [0.4, 0.5) is 0 Å². The van der Waals surface area contributed by atoms with Crippen molar-refractivity contribution in [3.8, 4) is 5.88 Å². The molecule has 0 aliphatic rings. The molecule has 1 heterocycles. The maximum absolute atomic E-state index is 12.0. The summed E-state index contributed by atoms with van der Waals surface area (Å²) in [6, 6.07) is 3.91. The summed E-state index contributed by atoms with van der Waals surface area (Å²) in [5.41, 5.74) is 0. The SMILES string of the molecule is C[C@@H](CC[C@H](C)Oc1cc(Br)ccn1)NS(=O)C(C)(C)C. The summed E-state index contributed by atoms with van der Waals surface area (Å²) >= 11 is 3.40. The highest BCUT2D eigenvalue weighted by molar-refractivity contribution is 9.10. The lowest BCUT2D eigenvalue weighted by molar-refractivity contribution is 0.196. The first-order chi connectivity index (χ1) is 9.68. The minimum absolute atomic E-state index is 0.0686. The van der Waals surface area contributed by atoms with Gasteiger partial charge in [-0.05, 0) is 53.5 Å². The summed E-state index contributed by atoms with van der Waals surface area (Å²) < 4.78 is 21.6. The van der Waals surface area contributed by atoms with Crippen molar-refractivity contribution in [1.82, 2.24) is 9.71 Å². The van der Waals surface area contributed by atoms with Crippen molar-refractivity contribution in [3.05, 3.63) is 22.8 Å². The second-order valence-electron chi connectivity index (χ2n) is 6.22. The molecule has 1 N–H and O–H groups in total. The predicted molar refractivity (Wildman–Crippen MR) is 91.8 cm³/mol. The van der Waals surface area contributed by atoms with Gasteiger partial charge in [0, 0.05) is 22.8 Å². The quantitative estimate of drug-likeness (QED) is 0.786. The zero-order valence-corrected chi connectivity index (χ0v) is 15.8. The van der Waals surface area contributed by atoms with E-state index in [1.807, 2.05) is 46.8 Å². The molecule has 0 aliphatic heterocycles. The van der Waals surface area contributed by atoms with Crippen molar-refractivity contribution in [1.29, 1.82) is 0 Å². The Labute approximate surface area is 138 Å². The third kappa shape index (κ3) is 7.38. The molecule has 0 radical (unpaired) electrons. The molecule has 0 saturated carbocycles. The Morgan fingerprint density at radius 2 is 2.05 bits per heavy atom. The zero-order chi connectivity index (χ0) is 16.0. The Morgan fingerprint density at radius 3 is 2.62 bits per heavy atom. The molecule has 4 nitrogen and oxygen atoms in total. The lowest BCUT2D eigenvalue weighted by atomic mass is 10.1. The normalized spacial score (nSPS) is 16.3. The number of aromatic nitrogens is 1. The molecule has 6 heteroatoms. The van der Waals surface area contributed by atoms with E-state index in [2.05, 4.69) is 25.6 Å². The molecule has 21 heavy (non-hydrogen) atoms. The van der Waals surface area contributed by atoms with E-state index < -0.39 is 11.0 Å². The van der Waals surface area contributed by atoms with Crippen LogP contribution in [0.25, 0.3) is 0 Å². The van der Waals surface area contributed by atoms with E-state index in [1.165, 1.54) is 0 Å². The van der Waals surface area contributed by atoms with Gasteiger partial charge in [0.15, 0.2) is 0 Å². The number of hydrogen-bond donors (Lipinski definition) is 1. The van der Waals surface area contributed by atoms with Crippen LogP contribution in [0.1, 0.15) is 47.5 Å². The Kier molecular flexibility index (Phi) is 7.30. The summed E-state index contributed by atoms with van der Waals surface area (Å²) in [5.74, 6) is 0.621. The van der Waals surface area contributed by atoms with Crippen molar-refractivity contribution in [2.45, 2.75) is 64.4 Å². The molecule has 3 atom stereocenters. The van der Waals surface area contributed by atoms with Gasteiger partial charge in [-0.25, -0.2) is 13.9 Å². The maximum Gasteiger partial charge on any atom is 0.214 e. The molecule has 1 rings (SSSR count). The van der Waals surface area contributed by atoms with Crippen LogP contribution in [-0.4, -0.2) is 26.1 Å². The first-order valence-corrected chi connectivity index (χ1v) is 9.09. The van der Waals surface area contributed by atoms with Crippen LogP contribution in [0.2, 0.25) is 0 Å². The standard InChI is InChI=1S/C15H25BrN2O2S/c1-11(18-21(19)15(3,4)5)6-7-12(2)20-14-10-13(16)8-9-17-14/h8-12,18H,6-7H2,1-5H3/t11-,12-,21?/m0/s1. The fourth-order valence-corrected chi connectivity index (χ4v) is 2.77. The smallest absolute Gasteiger partial charge is 0.214 e. The number of rotatable bonds is 7. The van der Waals surface area contributed by atoms with E-state index in [0.717, 1.165) is 17.3 Å². The van der Waals surface area contributed by atoms with Crippen LogP contribution in [0.5, 0.6) is 5.88 Å². The van der Waals surface area contributed by atoms with Crippen LogP contribution in [0.15, 0.2) is 22.8 Å². The van der Waals surface area contributed by atoms with Gasteiger partial charge in [-0.1, -0.05) is 15.9 Å². The molecule has 1 aromatic rings. The van der Waals surface area contributed by atoms with Crippen LogP contribution < -0.4 is 9.46 Å². The Hall–Kier alpha value is -0.460. The van der Waals surface area contributed by atoms with Crippen molar-refractivity contribution >= 4 is 26.9 Å². The Bertz CT molecular complexity index is 477. The van der Waals surface area contributed by atoms with Crippen LogP contribution >= 0.6 is 15.9 Å². The number of ether oxygens (including phenoxy) is 1. The minimum atomic E-state index is -1.03. The molecule has 0 aromatic carbocycles. The lowest BCUT2D eigenvalue weighted by Crippen LogP contribution is -2.38. The second kappa shape index (κ2) is 8.25. The van der Waals surface area contributed by atoms with Gasteiger partial charge < -0.3 is 4.74 Å². The van der Waals surface area contributed by atoms with E-state index in [4.69, 9.17) is 4.74 Å². The molecular formula is C15H25BrN2O2S. The van der Waals surface area contributed by atoms with Crippen molar-refractivity contribution in [2.24, 2.45) is 0 Å². The van der Waals surface area contributed by atoms with Gasteiger partial charge in [0.05, 0.1) is 21.8 Å². The first-order valence-electron chi connectivity index (χ1n) is 7.14. The second-order valence-corrected chi connectivity index (χ2v) is 9.13. The van der Waals surface area contributed by atoms with Gasteiger partial charge in [0.2, 0.25) is 5.88 Å². The molecule has 0 saturated heterocycles. The Balaban J connectivity index is 2.36. The van der Waals surface area contributed by atoms with Gasteiger partial charge >= 0.3 is 0 Å². The fourth-order valence-electron chi connectivity index (χ4n) is 1.62. The largest absolute Gasteiger partial charge is 0.475 e. The summed E-state index contributed by atoms with van der Waals surface area (Å²) in [5, 5.41) is 0. The topological polar surface area (TPSA) is 51.2 Å². The molecule has 1 aromatic heterocycles. The highest BCUT2D eigenvalue weighted by Gasteiger charge is 2.21. The summed E-state index contributed by atoms with van der Waals surface area (Å²) in [6.45, 7) is 9.97. The zero-order valence-electron chi connectivity index (χ0n) is 13.4. The number of halogens is 1. The van der Waals surface area contributed by atoms with Crippen LogP contribution in [0, 0.1) is 0 Å². The van der Waals surface area contributed by atoms with E-state index in [0.29, 0.717) is 5.88 Å². The summed E-state index contributed by atoms with van der Waals surface area (Å²) in [6.07, 6.45) is 3.56. The molecule has 0 bridgehead atoms. The molecule has 0 spiro atoms. The third-order valence-corrected chi connectivity index (χ3v) is 5.11. The average molecular weight is 377 g/mol. The van der Waals surface area contributed by atoms with E-state index in [9.17, 15) is 4.21 Å². The van der Waals surface area contributed by atoms with E-state index in [-0.39, 0.29) is 16.9 Å². The molecule has 1 unspecified atom stereocenters. The third-order valence-electron chi connectivity index (χ3n) is 2.89. The minimum Gasteiger partial charge on any atom is -0.475 e. The molecule has 0 amide bonds. The van der Waals surface area contributed by atoms with Gasteiger partial charge in [-0.15, -0.1) is 0 Å². The molecule has 0 fully saturated rings. The number of nitrogens with zero attached hydrogens (tertiary/aromatic N) is 1. The maximum atomic E-state index is 12.0. The molecule has 120 valence electrons. The lowest BCUT2D eigenvalue weighted by Gasteiger charge is -2.23. The van der Waals surface area contributed by atoms with Gasteiger partial charge in [-0.3, -0.25) is 0 Å². The summed E-state index contributed by atoms with van der Waals surface area (Å²) in [4.78, 5) is 4.17. The number of pyridine rings is 1. The van der Waals surface area contributed by atoms with Gasteiger partial charge in [0.25, 0.3) is 0 Å². The highest BCUT2D eigenvalue weighted by Crippen LogP contribution is 2.17.